The van der Waals surface area contributed by atoms with Crippen LogP contribution in [0.1, 0.15) is 25.0 Å². The van der Waals surface area contributed by atoms with Gasteiger partial charge < -0.3 is 10.2 Å². The van der Waals surface area contributed by atoms with Gasteiger partial charge >= 0.3 is 0 Å². The first-order valence-electron chi connectivity index (χ1n) is 13.1. The van der Waals surface area contributed by atoms with Crippen molar-refractivity contribution < 1.29 is 27.3 Å². The fourth-order valence-electron chi connectivity index (χ4n) is 4.21. The van der Waals surface area contributed by atoms with Crippen molar-refractivity contribution in [1.29, 1.82) is 0 Å². The molecule has 6 aromatic rings. The molecular weight excluding hydrogens is 592 g/mol. The third-order valence-corrected chi connectivity index (χ3v) is 6.29. The number of phenolic OH excluding ortho intramolecular Hbond substituents is 2. The fraction of sp³-hybridized carbons (Fsp3) is 0.0625. The molecule has 4 N–H and O–H groups in total. The Bertz CT molecular complexity index is 1750. The number of aromatic hydroxyl groups is 2. The quantitative estimate of drug-likeness (QED) is 0.0961. The Morgan fingerprint density at radius 3 is 1.37 bits per heavy atom. The SMILES string of the molecule is C/C(=N\Nc1ccccn1)c1ccnc2c(O)cccc12.C/C(=N\Nc1ccccn1)c1ccnc2c(O)cccc12.[Cu]. The van der Waals surface area contributed by atoms with Crippen molar-refractivity contribution in [2.75, 3.05) is 10.9 Å². The van der Waals surface area contributed by atoms with Gasteiger partial charge in [-0.3, -0.25) is 20.8 Å². The van der Waals surface area contributed by atoms with E-state index in [2.05, 4.69) is 41.0 Å². The van der Waals surface area contributed by atoms with Gasteiger partial charge in [0, 0.05) is 63.8 Å². The summed E-state index contributed by atoms with van der Waals surface area (Å²) in [6.07, 6.45) is 6.73. The molecule has 11 heteroatoms. The number of pyridine rings is 4. The standard InChI is InChI=1S/2C16H14N4O.Cu/c2*1-11(19-20-15-7-2-3-9-17-15)12-8-10-18-16-13(12)5-4-6-14(16)21;/h2*2-10,21H,1H3,(H,17,20);/b2*19-11+;. The first kappa shape index (κ1) is 30.6. The molecule has 0 atom stereocenters. The predicted octanol–water partition coefficient (Wildman–Crippen LogP) is 6.34. The van der Waals surface area contributed by atoms with Crippen LogP contribution in [-0.4, -0.2) is 41.6 Å². The van der Waals surface area contributed by atoms with Crippen molar-refractivity contribution >= 4 is 44.9 Å². The molecule has 1 radical (unpaired) electrons. The number of benzene rings is 2. The maximum absolute atomic E-state index is 9.86. The summed E-state index contributed by atoms with van der Waals surface area (Å²) in [5.41, 5.74) is 10.4. The Labute approximate surface area is 258 Å². The van der Waals surface area contributed by atoms with E-state index in [1.807, 2.05) is 74.5 Å². The fourth-order valence-corrected chi connectivity index (χ4v) is 4.21. The summed E-state index contributed by atoms with van der Waals surface area (Å²) in [6, 6.07) is 25.6. The molecule has 4 heterocycles. The molecular formula is C32H28CuN8O2. The Hall–Kier alpha value is -5.38. The van der Waals surface area contributed by atoms with Gasteiger partial charge in [-0.05, 0) is 62.4 Å². The van der Waals surface area contributed by atoms with Crippen LogP contribution < -0.4 is 10.9 Å². The number of aromatic nitrogens is 4. The molecule has 0 spiro atoms. The summed E-state index contributed by atoms with van der Waals surface area (Å²) in [5.74, 6) is 1.69. The normalized spacial score (nSPS) is 11.3. The molecule has 0 fully saturated rings. The summed E-state index contributed by atoms with van der Waals surface area (Å²) >= 11 is 0. The third kappa shape index (κ3) is 7.48. The molecule has 2 aromatic carbocycles. The van der Waals surface area contributed by atoms with Gasteiger partial charge in [0.1, 0.15) is 34.2 Å². The van der Waals surface area contributed by atoms with Crippen LogP contribution in [0.15, 0.2) is 120 Å². The number of hydrogen-bond donors (Lipinski definition) is 4. The van der Waals surface area contributed by atoms with Crippen molar-refractivity contribution in [3.8, 4) is 11.5 Å². The van der Waals surface area contributed by atoms with E-state index in [-0.39, 0.29) is 28.6 Å². The molecule has 0 saturated carbocycles. The van der Waals surface area contributed by atoms with E-state index in [1.165, 1.54) is 0 Å². The molecule has 219 valence electrons. The topological polar surface area (TPSA) is 141 Å². The van der Waals surface area contributed by atoms with E-state index in [0.29, 0.717) is 22.7 Å². The van der Waals surface area contributed by atoms with Crippen LogP contribution in [0.3, 0.4) is 0 Å². The Kier molecular flexibility index (Phi) is 10.3. The van der Waals surface area contributed by atoms with Gasteiger partial charge in [0.25, 0.3) is 0 Å². The number of anilines is 2. The largest absolute Gasteiger partial charge is 0.506 e. The zero-order valence-corrected chi connectivity index (χ0v) is 24.2. The van der Waals surface area contributed by atoms with Crippen LogP contribution in [0, 0.1) is 0 Å². The van der Waals surface area contributed by atoms with E-state index in [1.54, 1.807) is 49.1 Å². The van der Waals surface area contributed by atoms with Crippen molar-refractivity contribution in [2.45, 2.75) is 13.8 Å². The summed E-state index contributed by atoms with van der Waals surface area (Å²) in [5, 5.41) is 30.1. The number of nitrogens with zero attached hydrogens (tertiary/aromatic N) is 6. The minimum absolute atomic E-state index is 0. The number of fused-ring (bicyclic) bond motifs is 2. The number of nitrogens with one attached hydrogen (secondary N) is 2. The van der Waals surface area contributed by atoms with Gasteiger partial charge in [-0.1, -0.05) is 36.4 Å². The van der Waals surface area contributed by atoms with Crippen LogP contribution >= 0.6 is 0 Å². The Morgan fingerprint density at radius 2 is 0.977 bits per heavy atom. The van der Waals surface area contributed by atoms with E-state index in [9.17, 15) is 10.2 Å². The Balaban J connectivity index is 0.000000192. The second kappa shape index (κ2) is 14.5. The van der Waals surface area contributed by atoms with Gasteiger partial charge in [-0.2, -0.15) is 10.2 Å². The average Bonchev–Trinajstić information content (AvgIpc) is 3.04. The number of phenols is 2. The monoisotopic (exact) mass is 619 g/mol. The second-order valence-corrected chi connectivity index (χ2v) is 9.11. The molecule has 10 nitrogen and oxygen atoms in total. The summed E-state index contributed by atoms with van der Waals surface area (Å²) < 4.78 is 0. The number of hydrazone groups is 2. The molecule has 0 unspecified atom stereocenters. The van der Waals surface area contributed by atoms with Gasteiger partial charge in [0.15, 0.2) is 0 Å². The molecule has 43 heavy (non-hydrogen) atoms. The first-order chi connectivity index (χ1) is 20.5. The molecule has 0 amide bonds. The number of hydrogen-bond acceptors (Lipinski definition) is 10. The summed E-state index contributed by atoms with van der Waals surface area (Å²) in [4.78, 5) is 16.7. The van der Waals surface area contributed by atoms with E-state index < -0.39 is 0 Å². The third-order valence-electron chi connectivity index (χ3n) is 6.29. The molecule has 0 saturated heterocycles. The number of rotatable bonds is 6. The van der Waals surface area contributed by atoms with Crippen LogP contribution in [0.2, 0.25) is 0 Å². The van der Waals surface area contributed by atoms with Crippen molar-refractivity contribution in [1.82, 2.24) is 19.9 Å². The maximum atomic E-state index is 9.86. The van der Waals surface area contributed by atoms with E-state index in [0.717, 1.165) is 33.3 Å². The van der Waals surface area contributed by atoms with Gasteiger partial charge in [-0.25, -0.2) is 9.97 Å². The van der Waals surface area contributed by atoms with Gasteiger partial charge in [-0.15, -0.1) is 0 Å². The summed E-state index contributed by atoms with van der Waals surface area (Å²) in [6.45, 7) is 3.80. The number of para-hydroxylation sites is 2. The zero-order chi connectivity index (χ0) is 29.3. The van der Waals surface area contributed by atoms with Gasteiger partial charge in [0.2, 0.25) is 0 Å². The van der Waals surface area contributed by atoms with Crippen molar-refractivity contribution in [2.24, 2.45) is 10.2 Å². The van der Waals surface area contributed by atoms with Crippen molar-refractivity contribution in [3.05, 3.63) is 121 Å². The van der Waals surface area contributed by atoms with E-state index >= 15 is 0 Å². The molecule has 6 rings (SSSR count). The molecule has 4 aromatic heterocycles. The van der Waals surface area contributed by atoms with Gasteiger partial charge in [0.05, 0.1) is 11.4 Å². The smallest absolute Gasteiger partial charge is 0.146 e. The van der Waals surface area contributed by atoms with Crippen LogP contribution in [0.4, 0.5) is 11.6 Å². The molecule has 0 bridgehead atoms. The predicted molar refractivity (Wildman–Crippen MR) is 167 cm³/mol. The molecule has 0 aliphatic rings. The van der Waals surface area contributed by atoms with E-state index in [4.69, 9.17) is 0 Å². The summed E-state index contributed by atoms with van der Waals surface area (Å²) in [7, 11) is 0. The Morgan fingerprint density at radius 1 is 0.535 bits per heavy atom. The zero-order valence-electron chi connectivity index (χ0n) is 23.3. The maximum Gasteiger partial charge on any atom is 0.146 e. The average molecular weight is 620 g/mol. The van der Waals surface area contributed by atoms with Crippen LogP contribution in [-0.2, 0) is 17.1 Å². The molecule has 0 aliphatic heterocycles. The van der Waals surface area contributed by atoms with Crippen LogP contribution in [0.5, 0.6) is 11.5 Å². The second-order valence-electron chi connectivity index (χ2n) is 9.11. The first-order valence-corrected chi connectivity index (χ1v) is 13.1. The molecule has 0 aliphatic carbocycles. The van der Waals surface area contributed by atoms with Crippen molar-refractivity contribution in [3.63, 3.8) is 0 Å². The minimum Gasteiger partial charge on any atom is -0.506 e. The minimum atomic E-state index is 0. The van der Waals surface area contributed by atoms with Crippen LogP contribution in [0.25, 0.3) is 21.8 Å².